The Kier molecular flexibility index (Phi) is 14.3. The minimum Gasteiger partial charge on any atom is -0.394 e. The maximum Gasteiger partial charge on any atom is 0.224 e. The highest BCUT2D eigenvalue weighted by atomic mass is 16.8. The van der Waals surface area contributed by atoms with Gasteiger partial charge in [-0.1, -0.05) is 0 Å². The van der Waals surface area contributed by atoms with Gasteiger partial charge < -0.3 is 74.7 Å². The summed E-state index contributed by atoms with van der Waals surface area (Å²) in [6.45, 7) is 1.41. The average Bonchev–Trinajstić information content (AvgIpc) is 3.59. The molecule has 3 saturated heterocycles. The molecule has 0 radical (unpaired) electrons. The number of aliphatic hydroxyl groups excluding tert-OH is 10. The molecule has 3 fully saturated rings. The third-order valence-corrected chi connectivity index (χ3v) is 5.04. The summed E-state index contributed by atoms with van der Waals surface area (Å²) >= 11 is 0. The van der Waals surface area contributed by atoms with Crippen LogP contribution in [0.5, 0.6) is 0 Å². The van der Waals surface area contributed by atoms with E-state index in [0.717, 1.165) is 6.61 Å². The maximum absolute atomic E-state index is 10.00. The zero-order valence-corrected chi connectivity index (χ0v) is 18.9. The topological polar surface area (TPSA) is 252 Å². The van der Waals surface area contributed by atoms with Gasteiger partial charge in [0.2, 0.25) is 5.79 Å². The first-order valence-electron chi connectivity index (χ1n) is 10.8. The average molecular weight is 506 g/mol. The normalized spacial score (nSPS) is 41.2. The van der Waals surface area contributed by atoms with Crippen molar-refractivity contribution in [2.45, 2.75) is 67.8 Å². The highest BCUT2D eigenvalue weighted by molar-refractivity contribution is 4.98. The fourth-order valence-corrected chi connectivity index (χ4v) is 2.96. The van der Waals surface area contributed by atoms with Gasteiger partial charge in [0.15, 0.2) is 6.29 Å². The van der Waals surface area contributed by atoms with Crippen LogP contribution in [0.1, 0.15) is 6.92 Å². The Morgan fingerprint density at radius 2 is 1.32 bits per heavy atom. The first-order valence-corrected chi connectivity index (χ1v) is 10.8. The zero-order chi connectivity index (χ0) is 25.9. The first-order chi connectivity index (χ1) is 16.1. The van der Waals surface area contributed by atoms with Crippen molar-refractivity contribution in [2.75, 3.05) is 52.9 Å². The SMILES string of the molecule is CC1CO1.OCCOCCO.OC[C@H]1O[C@@](CO)(O[C@H]2O[C@H](CO)[C@@H](O)[C@H](O)[C@H]2O)[C@@H](O)[C@@H]1O. The van der Waals surface area contributed by atoms with E-state index in [1.807, 2.05) is 0 Å². The third kappa shape index (κ3) is 8.81. The van der Waals surface area contributed by atoms with Crippen LogP contribution in [-0.2, 0) is 23.7 Å². The smallest absolute Gasteiger partial charge is 0.224 e. The Hall–Kier alpha value is -0.600. The summed E-state index contributed by atoms with van der Waals surface area (Å²) in [5, 5.41) is 92.8. The molecule has 0 aromatic heterocycles. The van der Waals surface area contributed by atoms with Crippen LogP contribution in [-0.4, -0.2) is 165 Å². The lowest BCUT2D eigenvalue weighted by molar-refractivity contribution is -0.383. The summed E-state index contributed by atoms with van der Waals surface area (Å²) in [6, 6.07) is 0. The molecule has 3 heterocycles. The molecule has 10 atom stereocenters. The van der Waals surface area contributed by atoms with Crippen LogP contribution in [0.25, 0.3) is 0 Å². The van der Waals surface area contributed by atoms with E-state index < -0.39 is 74.6 Å². The molecule has 3 aliphatic rings. The van der Waals surface area contributed by atoms with Gasteiger partial charge in [0.25, 0.3) is 0 Å². The van der Waals surface area contributed by atoms with E-state index in [0.29, 0.717) is 19.3 Å². The largest absolute Gasteiger partial charge is 0.394 e. The Labute approximate surface area is 196 Å². The van der Waals surface area contributed by atoms with Gasteiger partial charge in [-0.05, 0) is 6.92 Å². The quantitative estimate of drug-likeness (QED) is 0.103. The molecule has 204 valence electrons. The molecule has 34 heavy (non-hydrogen) atoms. The number of hydrogen-bond acceptors (Lipinski definition) is 15. The molecule has 1 unspecified atom stereocenters. The number of epoxide rings is 1. The Bertz CT molecular complexity index is 532. The highest BCUT2D eigenvalue weighted by Crippen LogP contribution is 2.35. The summed E-state index contributed by atoms with van der Waals surface area (Å²) < 4.78 is 24.8. The standard InChI is InChI=1S/C12H22O11.C4H10O3.C3H6O/c13-1-4-6(16)8(18)9(19)11(21-4)23-12(3-15)10(20)7(17)5(2-14)22-12;5-1-3-7-4-2-6;1-3-2-4-3/h4-11,13-20H,1-3H2;5-6H,1-4H2;3H,2H2,1H3/t4-,5-,6-,7-,8+,9-,10+,11-,12+;;/m1../s1. The van der Waals surface area contributed by atoms with Gasteiger partial charge in [-0.25, -0.2) is 0 Å². The molecule has 15 heteroatoms. The van der Waals surface area contributed by atoms with E-state index in [2.05, 4.69) is 11.7 Å². The van der Waals surface area contributed by atoms with Crippen molar-refractivity contribution in [2.24, 2.45) is 0 Å². The van der Waals surface area contributed by atoms with Gasteiger partial charge in [0.05, 0.1) is 52.4 Å². The summed E-state index contributed by atoms with van der Waals surface area (Å²) in [5.74, 6) is -2.22. The van der Waals surface area contributed by atoms with Crippen molar-refractivity contribution >= 4 is 0 Å². The molecule has 15 nitrogen and oxygen atoms in total. The monoisotopic (exact) mass is 506 g/mol. The van der Waals surface area contributed by atoms with Gasteiger partial charge in [0, 0.05) is 0 Å². The van der Waals surface area contributed by atoms with Crippen LogP contribution < -0.4 is 0 Å². The van der Waals surface area contributed by atoms with Crippen molar-refractivity contribution < 1.29 is 74.7 Å². The first kappa shape index (κ1) is 31.4. The molecule has 0 aromatic carbocycles. The van der Waals surface area contributed by atoms with Crippen LogP contribution in [0.2, 0.25) is 0 Å². The summed E-state index contributed by atoms with van der Waals surface area (Å²) in [7, 11) is 0. The Balaban J connectivity index is 0.000000431. The van der Waals surface area contributed by atoms with Crippen molar-refractivity contribution in [1.82, 2.24) is 0 Å². The molecule has 0 bridgehead atoms. The van der Waals surface area contributed by atoms with Gasteiger partial charge in [0.1, 0.15) is 49.3 Å². The molecule has 0 aromatic rings. The molecular formula is C19H38O15. The Morgan fingerprint density at radius 3 is 1.71 bits per heavy atom. The minimum absolute atomic E-state index is 0.0278. The second-order valence-corrected chi connectivity index (χ2v) is 7.76. The molecule has 3 rings (SSSR count). The van der Waals surface area contributed by atoms with E-state index in [1.165, 1.54) is 0 Å². The maximum atomic E-state index is 10.00. The number of hydrogen-bond donors (Lipinski definition) is 10. The second kappa shape index (κ2) is 15.5. The molecule has 0 aliphatic carbocycles. The van der Waals surface area contributed by atoms with Crippen LogP contribution in [0.4, 0.5) is 0 Å². The zero-order valence-electron chi connectivity index (χ0n) is 18.9. The van der Waals surface area contributed by atoms with Crippen molar-refractivity contribution in [3.8, 4) is 0 Å². The van der Waals surface area contributed by atoms with Crippen molar-refractivity contribution in [1.29, 1.82) is 0 Å². The van der Waals surface area contributed by atoms with E-state index in [1.54, 1.807) is 0 Å². The summed E-state index contributed by atoms with van der Waals surface area (Å²) in [4.78, 5) is 0. The molecule has 3 aliphatic heterocycles. The molecule has 0 saturated carbocycles. The Morgan fingerprint density at radius 1 is 0.794 bits per heavy atom. The van der Waals surface area contributed by atoms with Crippen LogP contribution in [0.15, 0.2) is 0 Å². The second-order valence-electron chi connectivity index (χ2n) is 7.76. The molecule has 10 N–H and O–H groups in total. The minimum atomic E-state index is -2.22. The van der Waals surface area contributed by atoms with Gasteiger partial charge in [-0.15, -0.1) is 0 Å². The highest BCUT2D eigenvalue weighted by Gasteiger charge is 2.58. The van der Waals surface area contributed by atoms with E-state index in [-0.39, 0.29) is 13.2 Å². The fraction of sp³-hybridized carbons (Fsp3) is 1.00. The lowest BCUT2D eigenvalue weighted by Crippen LogP contribution is -2.62. The van der Waals surface area contributed by atoms with Crippen LogP contribution in [0, 0.1) is 0 Å². The third-order valence-electron chi connectivity index (χ3n) is 5.04. The number of rotatable bonds is 9. The summed E-state index contributed by atoms with van der Waals surface area (Å²) in [6.07, 6.45) is -12.1. The fourth-order valence-electron chi connectivity index (χ4n) is 2.96. The van der Waals surface area contributed by atoms with Gasteiger partial charge in [-0.3, -0.25) is 0 Å². The predicted molar refractivity (Wildman–Crippen MR) is 109 cm³/mol. The molecule has 0 spiro atoms. The van der Waals surface area contributed by atoms with E-state index >= 15 is 0 Å². The van der Waals surface area contributed by atoms with Crippen molar-refractivity contribution in [3.05, 3.63) is 0 Å². The number of ether oxygens (including phenoxy) is 5. The molecular weight excluding hydrogens is 468 g/mol. The lowest BCUT2D eigenvalue weighted by atomic mass is 9.99. The van der Waals surface area contributed by atoms with Gasteiger partial charge in [-0.2, -0.15) is 0 Å². The molecule has 0 amide bonds. The summed E-state index contributed by atoms with van der Waals surface area (Å²) in [5.41, 5.74) is 0. The predicted octanol–water partition coefficient (Wildman–Crippen LogP) is -6.00. The van der Waals surface area contributed by atoms with Crippen molar-refractivity contribution in [3.63, 3.8) is 0 Å². The van der Waals surface area contributed by atoms with Gasteiger partial charge >= 0.3 is 0 Å². The van der Waals surface area contributed by atoms with E-state index in [4.69, 9.17) is 39.4 Å². The number of aliphatic hydroxyl groups is 10. The van der Waals surface area contributed by atoms with Crippen LogP contribution in [0.3, 0.4) is 0 Å². The van der Waals surface area contributed by atoms with Crippen LogP contribution >= 0.6 is 0 Å². The lowest BCUT2D eigenvalue weighted by Gasteiger charge is -2.43. The van der Waals surface area contributed by atoms with E-state index in [9.17, 15) is 30.6 Å².